The molecule has 20 heavy (non-hydrogen) atoms. The average molecular weight is 311 g/mol. The molecule has 1 aliphatic rings. The Bertz CT molecular complexity index is 664. The summed E-state index contributed by atoms with van der Waals surface area (Å²) in [6, 6.07) is 6.03. The number of halogens is 1. The summed E-state index contributed by atoms with van der Waals surface area (Å²) in [6.07, 6.45) is 2.19. The van der Waals surface area contributed by atoms with Crippen LogP contribution in [0, 0.1) is 5.92 Å². The Morgan fingerprint density at radius 2 is 2.30 bits per heavy atom. The zero-order chi connectivity index (χ0) is 14.3. The van der Waals surface area contributed by atoms with E-state index < -0.39 is 5.97 Å². The monoisotopic (exact) mass is 310 g/mol. The molecule has 0 atom stereocenters. The molecule has 0 aliphatic heterocycles. The highest BCUT2D eigenvalue weighted by Crippen LogP contribution is 2.43. The Labute approximate surface area is 126 Å². The van der Waals surface area contributed by atoms with Gasteiger partial charge in [-0.05, 0) is 30.9 Å². The highest BCUT2D eigenvalue weighted by atomic mass is 35.5. The van der Waals surface area contributed by atoms with E-state index in [1.54, 1.807) is 0 Å². The smallest absolute Gasteiger partial charge is 0.313 e. The predicted octanol–water partition coefficient (Wildman–Crippen LogP) is 3.84. The van der Waals surface area contributed by atoms with Gasteiger partial charge in [0.1, 0.15) is 0 Å². The van der Waals surface area contributed by atoms with Crippen molar-refractivity contribution in [3.63, 3.8) is 0 Å². The highest BCUT2D eigenvalue weighted by Gasteiger charge is 2.31. The van der Waals surface area contributed by atoms with E-state index in [2.05, 4.69) is 16.5 Å². The van der Waals surface area contributed by atoms with E-state index in [0.717, 1.165) is 29.0 Å². The van der Waals surface area contributed by atoms with Crippen molar-refractivity contribution in [1.82, 2.24) is 9.55 Å². The number of hydrogen-bond acceptors (Lipinski definition) is 3. The van der Waals surface area contributed by atoms with Crippen molar-refractivity contribution < 1.29 is 9.90 Å². The third kappa shape index (κ3) is 2.40. The minimum atomic E-state index is -0.832. The van der Waals surface area contributed by atoms with Crippen molar-refractivity contribution >= 4 is 40.4 Å². The van der Waals surface area contributed by atoms with Gasteiger partial charge in [0.05, 0.1) is 21.8 Å². The molecule has 0 saturated heterocycles. The number of carboxylic acid groups (broad SMARTS) is 1. The molecule has 0 unspecified atom stereocenters. The van der Waals surface area contributed by atoms with Gasteiger partial charge >= 0.3 is 5.97 Å². The zero-order valence-electron chi connectivity index (χ0n) is 11.0. The maximum absolute atomic E-state index is 10.8. The van der Waals surface area contributed by atoms with E-state index in [9.17, 15) is 4.79 Å². The minimum Gasteiger partial charge on any atom is -0.481 e. The van der Waals surface area contributed by atoms with Crippen molar-refractivity contribution in [2.45, 2.75) is 31.0 Å². The standard InChI is InChI=1S/C14H15ClN2O2S/c1-8-5-9(6-8)17-13-10(15)3-2-4-11(13)16-14(17)20-7-12(18)19/h2-4,8-9H,5-7H2,1H3,(H,18,19). The largest absolute Gasteiger partial charge is 0.481 e. The van der Waals surface area contributed by atoms with E-state index in [1.807, 2.05) is 18.2 Å². The van der Waals surface area contributed by atoms with Crippen LogP contribution in [-0.4, -0.2) is 26.4 Å². The van der Waals surface area contributed by atoms with E-state index in [0.29, 0.717) is 17.0 Å². The second-order valence-corrected chi connectivity index (χ2v) is 6.63. The molecule has 2 aromatic rings. The number of imidazole rings is 1. The first kappa shape index (κ1) is 13.8. The number of carbonyl (C=O) groups is 1. The Hall–Kier alpha value is -1.20. The number of para-hydroxylation sites is 1. The number of fused-ring (bicyclic) bond motifs is 1. The van der Waals surface area contributed by atoms with Gasteiger partial charge in [-0.3, -0.25) is 4.79 Å². The number of nitrogens with zero attached hydrogens (tertiary/aromatic N) is 2. The van der Waals surface area contributed by atoms with Crippen molar-refractivity contribution in [2.75, 3.05) is 5.75 Å². The van der Waals surface area contributed by atoms with Crippen LogP contribution in [0.1, 0.15) is 25.8 Å². The van der Waals surface area contributed by atoms with E-state index in [1.165, 1.54) is 11.8 Å². The number of carboxylic acids is 1. The van der Waals surface area contributed by atoms with Gasteiger partial charge in [-0.2, -0.15) is 0 Å². The summed E-state index contributed by atoms with van der Waals surface area (Å²) in [4.78, 5) is 15.3. The second-order valence-electron chi connectivity index (χ2n) is 5.28. The summed E-state index contributed by atoms with van der Waals surface area (Å²) in [6.45, 7) is 2.22. The van der Waals surface area contributed by atoms with E-state index in [4.69, 9.17) is 16.7 Å². The summed E-state index contributed by atoms with van der Waals surface area (Å²) in [7, 11) is 0. The third-order valence-corrected chi connectivity index (χ3v) is 4.91. The van der Waals surface area contributed by atoms with Gasteiger partial charge in [-0.25, -0.2) is 4.98 Å². The fraction of sp³-hybridized carbons (Fsp3) is 0.429. The predicted molar refractivity (Wildman–Crippen MR) is 80.5 cm³/mol. The summed E-state index contributed by atoms with van der Waals surface area (Å²) in [5.41, 5.74) is 1.77. The fourth-order valence-electron chi connectivity index (χ4n) is 2.72. The molecule has 0 amide bonds. The molecule has 3 rings (SSSR count). The van der Waals surface area contributed by atoms with Crippen LogP contribution in [-0.2, 0) is 4.79 Å². The van der Waals surface area contributed by atoms with Crippen molar-refractivity contribution in [2.24, 2.45) is 5.92 Å². The van der Waals surface area contributed by atoms with Gasteiger partial charge in [0.2, 0.25) is 0 Å². The number of hydrogen-bond donors (Lipinski definition) is 1. The van der Waals surface area contributed by atoms with Crippen LogP contribution >= 0.6 is 23.4 Å². The number of aromatic nitrogens is 2. The molecule has 0 bridgehead atoms. The Balaban J connectivity index is 2.05. The fourth-order valence-corrected chi connectivity index (χ4v) is 3.78. The van der Waals surface area contributed by atoms with Gasteiger partial charge in [0.15, 0.2) is 5.16 Å². The summed E-state index contributed by atoms with van der Waals surface area (Å²) in [5, 5.41) is 10.3. The molecule has 1 heterocycles. The number of rotatable bonds is 4. The number of benzene rings is 1. The normalized spacial score (nSPS) is 21.9. The summed E-state index contributed by atoms with van der Waals surface area (Å²) in [5.74, 6) is -0.109. The summed E-state index contributed by atoms with van der Waals surface area (Å²) < 4.78 is 2.13. The number of aliphatic carboxylic acids is 1. The van der Waals surface area contributed by atoms with Gasteiger partial charge in [-0.15, -0.1) is 0 Å². The molecular formula is C14H15ClN2O2S. The molecule has 0 radical (unpaired) electrons. The lowest BCUT2D eigenvalue weighted by atomic mass is 9.81. The third-order valence-electron chi connectivity index (χ3n) is 3.67. The molecule has 106 valence electrons. The Kier molecular flexibility index (Phi) is 3.65. The first-order chi connectivity index (χ1) is 9.56. The lowest BCUT2D eigenvalue weighted by molar-refractivity contribution is -0.133. The molecule has 1 fully saturated rings. The molecule has 1 saturated carbocycles. The topological polar surface area (TPSA) is 55.1 Å². The molecule has 6 heteroatoms. The lowest BCUT2D eigenvalue weighted by Crippen LogP contribution is -2.25. The van der Waals surface area contributed by atoms with Crippen LogP contribution in [0.2, 0.25) is 5.02 Å². The Morgan fingerprint density at radius 3 is 2.95 bits per heavy atom. The molecule has 0 spiro atoms. The molecule has 4 nitrogen and oxygen atoms in total. The first-order valence-electron chi connectivity index (χ1n) is 6.57. The molecule has 1 aliphatic carbocycles. The zero-order valence-corrected chi connectivity index (χ0v) is 12.6. The van der Waals surface area contributed by atoms with Gasteiger partial charge in [0, 0.05) is 6.04 Å². The van der Waals surface area contributed by atoms with Gasteiger partial charge < -0.3 is 9.67 Å². The van der Waals surface area contributed by atoms with Crippen LogP contribution in [0.5, 0.6) is 0 Å². The van der Waals surface area contributed by atoms with E-state index >= 15 is 0 Å². The SMILES string of the molecule is CC1CC(n2c(SCC(=O)O)nc3cccc(Cl)c32)C1. The quantitative estimate of drug-likeness (QED) is 0.872. The lowest BCUT2D eigenvalue weighted by Gasteiger charge is -2.35. The minimum absolute atomic E-state index is 0.0171. The van der Waals surface area contributed by atoms with Crippen molar-refractivity contribution in [3.8, 4) is 0 Å². The maximum atomic E-state index is 10.8. The summed E-state index contributed by atoms with van der Waals surface area (Å²) >= 11 is 7.58. The Morgan fingerprint density at radius 1 is 1.55 bits per heavy atom. The van der Waals surface area contributed by atoms with Crippen LogP contribution in [0.25, 0.3) is 11.0 Å². The van der Waals surface area contributed by atoms with Crippen molar-refractivity contribution in [1.29, 1.82) is 0 Å². The maximum Gasteiger partial charge on any atom is 0.313 e. The molecule has 1 aromatic carbocycles. The van der Waals surface area contributed by atoms with E-state index in [-0.39, 0.29) is 5.75 Å². The van der Waals surface area contributed by atoms with Gasteiger partial charge in [-0.1, -0.05) is 36.4 Å². The van der Waals surface area contributed by atoms with Crippen LogP contribution in [0.15, 0.2) is 23.4 Å². The number of thioether (sulfide) groups is 1. The first-order valence-corrected chi connectivity index (χ1v) is 7.93. The van der Waals surface area contributed by atoms with Crippen LogP contribution in [0.4, 0.5) is 0 Å². The van der Waals surface area contributed by atoms with Gasteiger partial charge in [0.25, 0.3) is 0 Å². The van der Waals surface area contributed by atoms with Crippen LogP contribution < -0.4 is 0 Å². The highest BCUT2D eigenvalue weighted by molar-refractivity contribution is 7.99. The van der Waals surface area contributed by atoms with Crippen molar-refractivity contribution in [3.05, 3.63) is 23.2 Å². The molecule has 1 N–H and O–H groups in total. The average Bonchev–Trinajstić information content (AvgIpc) is 2.72. The molecular weight excluding hydrogens is 296 g/mol. The second kappa shape index (κ2) is 5.30. The molecule has 1 aromatic heterocycles. The van der Waals surface area contributed by atoms with Crippen LogP contribution in [0.3, 0.4) is 0 Å².